The number of rotatable bonds is 4. The summed E-state index contributed by atoms with van der Waals surface area (Å²) < 4.78 is 11.4. The predicted octanol–water partition coefficient (Wildman–Crippen LogP) is 1.68. The number of hydrogen-bond donors (Lipinski definition) is 1. The van der Waals surface area contributed by atoms with E-state index in [1.54, 1.807) is 0 Å². The molecule has 5 nitrogen and oxygen atoms in total. The van der Waals surface area contributed by atoms with Crippen LogP contribution >= 0.6 is 0 Å². The van der Waals surface area contributed by atoms with Gasteiger partial charge < -0.3 is 19.7 Å². The lowest BCUT2D eigenvalue weighted by atomic mass is 10.1. The Kier molecular flexibility index (Phi) is 4.95. The molecule has 22 heavy (non-hydrogen) atoms. The van der Waals surface area contributed by atoms with Gasteiger partial charge in [0.1, 0.15) is 12.4 Å². The summed E-state index contributed by atoms with van der Waals surface area (Å²) in [6, 6.07) is 7.84. The topological polar surface area (TPSA) is 50.8 Å². The lowest BCUT2D eigenvalue weighted by molar-refractivity contribution is 0.0637. The van der Waals surface area contributed by atoms with Gasteiger partial charge in [-0.2, -0.15) is 0 Å². The van der Waals surface area contributed by atoms with E-state index in [1.165, 1.54) is 0 Å². The number of amides is 1. The number of ether oxygens (including phenoxy) is 2. The lowest BCUT2D eigenvalue weighted by Crippen LogP contribution is -2.51. The summed E-state index contributed by atoms with van der Waals surface area (Å²) in [5.41, 5.74) is 0.648. The minimum atomic E-state index is 0.0521. The van der Waals surface area contributed by atoms with E-state index in [1.807, 2.05) is 29.2 Å². The first-order valence-corrected chi connectivity index (χ1v) is 8.10. The van der Waals surface area contributed by atoms with Gasteiger partial charge in [0.25, 0.3) is 5.91 Å². The molecule has 120 valence electrons. The second-order valence-electron chi connectivity index (χ2n) is 6.05. The Bertz CT molecular complexity index is 514. The zero-order valence-electron chi connectivity index (χ0n) is 13.1. The van der Waals surface area contributed by atoms with Crippen LogP contribution in [0, 0.1) is 0 Å². The molecule has 1 amide bonds. The summed E-state index contributed by atoms with van der Waals surface area (Å²) in [5, 5.41) is 3.35. The van der Waals surface area contributed by atoms with Crippen LogP contribution in [-0.4, -0.2) is 55.8 Å². The molecule has 0 aliphatic carbocycles. The molecule has 2 atom stereocenters. The van der Waals surface area contributed by atoms with Crippen molar-refractivity contribution < 1.29 is 14.3 Å². The molecule has 3 rings (SSSR count). The number of nitrogens with zero attached hydrogens (tertiary/aromatic N) is 1. The molecule has 0 spiro atoms. The van der Waals surface area contributed by atoms with E-state index in [4.69, 9.17) is 9.47 Å². The molecule has 0 aromatic heterocycles. The SMILES string of the molecule is C[C@@H]1CN(C(=O)c2ccccc2OC[C@@H]2CCCO2)CCN1. The van der Waals surface area contributed by atoms with Crippen molar-refractivity contribution in [3.8, 4) is 5.75 Å². The molecule has 1 aromatic carbocycles. The maximum Gasteiger partial charge on any atom is 0.257 e. The van der Waals surface area contributed by atoms with Crippen molar-refractivity contribution in [3.05, 3.63) is 29.8 Å². The third-order valence-electron chi connectivity index (χ3n) is 4.22. The average molecular weight is 304 g/mol. The highest BCUT2D eigenvalue weighted by Crippen LogP contribution is 2.22. The average Bonchev–Trinajstić information content (AvgIpc) is 3.06. The Morgan fingerprint density at radius 1 is 1.45 bits per heavy atom. The van der Waals surface area contributed by atoms with Crippen LogP contribution in [-0.2, 0) is 4.74 Å². The first-order valence-electron chi connectivity index (χ1n) is 8.10. The molecule has 5 heteroatoms. The standard InChI is InChI=1S/C17H24N2O3/c1-13-11-19(9-8-18-13)17(20)15-6-2-3-7-16(15)22-12-14-5-4-10-21-14/h2-3,6-7,13-14,18H,4-5,8-12H2,1H3/t13-,14+/m1/s1. The van der Waals surface area contributed by atoms with Gasteiger partial charge in [-0.15, -0.1) is 0 Å². The molecule has 0 unspecified atom stereocenters. The molecule has 2 saturated heterocycles. The van der Waals surface area contributed by atoms with E-state index in [0.717, 1.165) is 39.1 Å². The molecule has 2 heterocycles. The number of nitrogens with one attached hydrogen (secondary N) is 1. The largest absolute Gasteiger partial charge is 0.490 e. The normalized spacial score (nSPS) is 25.2. The van der Waals surface area contributed by atoms with Crippen LogP contribution in [0.25, 0.3) is 0 Å². The smallest absolute Gasteiger partial charge is 0.257 e. The highest BCUT2D eigenvalue weighted by molar-refractivity contribution is 5.97. The maximum absolute atomic E-state index is 12.7. The van der Waals surface area contributed by atoms with E-state index in [-0.39, 0.29) is 12.0 Å². The second-order valence-corrected chi connectivity index (χ2v) is 6.05. The van der Waals surface area contributed by atoms with Gasteiger partial charge in [0.05, 0.1) is 11.7 Å². The third kappa shape index (κ3) is 3.59. The fourth-order valence-corrected chi connectivity index (χ4v) is 3.01. The molecule has 0 radical (unpaired) electrons. The predicted molar refractivity (Wildman–Crippen MR) is 84.3 cm³/mol. The minimum Gasteiger partial charge on any atom is -0.490 e. The summed E-state index contributed by atoms with van der Waals surface area (Å²) in [4.78, 5) is 14.6. The van der Waals surface area contributed by atoms with Gasteiger partial charge in [-0.25, -0.2) is 0 Å². The molecule has 2 aliphatic rings. The summed E-state index contributed by atoms with van der Waals surface area (Å²) in [5.74, 6) is 0.713. The number of carbonyl (C=O) groups excluding carboxylic acids is 1. The van der Waals surface area contributed by atoms with Crippen LogP contribution in [0.3, 0.4) is 0 Å². The highest BCUT2D eigenvalue weighted by Gasteiger charge is 2.24. The number of benzene rings is 1. The summed E-state index contributed by atoms with van der Waals surface area (Å²) in [7, 11) is 0. The van der Waals surface area contributed by atoms with Crippen molar-refractivity contribution in [3.63, 3.8) is 0 Å². The molecule has 1 N–H and O–H groups in total. The van der Waals surface area contributed by atoms with E-state index in [2.05, 4.69) is 12.2 Å². The maximum atomic E-state index is 12.7. The molecule has 2 fully saturated rings. The van der Waals surface area contributed by atoms with E-state index >= 15 is 0 Å². The Labute approximate surface area is 131 Å². The van der Waals surface area contributed by atoms with Crippen LogP contribution in [0.1, 0.15) is 30.1 Å². The van der Waals surface area contributed by atoms with Crippen molar-refractivity contribution in [2.24, 2.45) is 0 Å². The van der Waals surface area contributed by atoms with Crippen LogP contribution in [0.5, 0.6) is 5.75 Å². The number of para-hydroxylation sites is 1. The lowest BCUT2D eigenvalue weighted by Gasteiger charge is -2.32. The molecule has 0 bridgehead atoms. The molecule has 1 aromatic rings. The summed E-state index contributed by atoms with van der Waals surface area (Å²) >= 11 is 0. The Balaban J connectivity index is 1.68. The van der Waals surface area contributed by atoms with E-state index in [9.17, 15) is 4.79 Å². The fraction of sp³-hybridized carbons (Fsp3) is 0.588. The first kappa shape index (κ1) is 15.3. The molecule has 2 aliphatic heterocycles. The van der Waals surface area contributed by atoms with E-state index in [0.29, 0.717) is 24.0 Å². The van der Waals surface area contributed by atoms with Gasteiger partial charge in [0.2, 0.25) is 0 Å². The Morgan fingerprint density at radius 3 is 3.09 bits per heavy atom. The van der Waals surface area contributed by atoms with Gasteiger partial charge >= 0.3 is 0 Å². The quantitative estimate of drug-likeness (QED) is 0.919. The van der Waals surface area contributed by atoms with Gasteiger partial charge in [-0.3, -0.25) is 4.79 Å². The minimum absolute atomic E-state index is 0.0521. The Hall–Kier alpha value is -1.59. The third-order valence-corrected chi connectivity index (χ3v) is 4.22. The number of piperazine rings is 1. The van der Waals surface area contributed by atoms with Crippen molar-refractivity contribution in [1.82, 2.24) is 10.2 Å². The summed E-state index contributed by atoms with van der Waals surface area (Å²) in [6.45, 7) is 5.74. The second kappa shape index (κ2) is 7.11. The van der Waals surface area contributed by atoms with E-state index < -0.39 is 0 Å². The van der Waals surface area contributed by atoms with Crippen molar-refractivity contribution >= 4 is 5.91 Å². The summed E-state index contributed by atoms with van der Waals surface area (Å²) in [6.07, 6.45) is 2.28. The molecule has 0 saturated carbocycles. The Morgan fingerprint density at radius 2 is 2.32 bits per heavy atom. The van der Waals surface area contributed by atoms with Crippen LogP contribution in [0.4, 0.5) is 0 Å². The first-order chi connectivity index (χ1) is 10.7. The van der Waals surface area contributed by atoms with Gasteiger partial charge in [-0.05, 0) is 31.9 Å². The zero-order chi connectivity index (χ0) is 15.4. The fourth-order valence-electron chi connectivity index (χ4n) is 3.01. The highest BCUT2D eigenvalue weighted by atomic mass is 16.5. The van der Waals surface area contributed by atoms with Crippen molar-refractivity contribution in [1.29, 1.82) is 0 Å². The van der Waals surface area contributed by atoms with Gasteiger partial charge in [0, 0.05) is 32.3 Å². The zero-order valence-corrected chi connectivity index (χ0v) is 13.1. The number of hydrogen-bond acceptors (Lipinski definition) is 4. The molecular formula is C17H24N2O3. The van der Waals surface area contributed by atoms with Gasteiger partial charge in [-0.1, -0.05) is 12.1 Å². The van der Waals surface area contributed by atoms with Crippen LogP contribution in [0.15, 0.2) is 24.3 Å². The molecular weight excluding hydrogens is 280 g/mol. The van der Waals surface area contributed by atoms with Crippen LogP contribution < -0.4 is 10.1 Å². The monoisotopic (exact) mass is 304 g/mol. The van der Waals surface area contributed by atoms with Crippen molar-refractivity contribution in [2.45, 2.75) is 31.9 Å². The number of carbonyl (C=O) groups is 1. The van der Waals surface area contributed by atoms with Gasteiger partial charge in [0.15, 0.2) is 0 Å². The van der Waals surface area contributed by atoms with Crippen molar-refractivity contribution in [2.75, 3.05) is 32.8 Å². The van der Waals surface area contributed by atoms with Crippen LogP contribution in [0.2, 0.25) is 0 Å².